The standard InChI is InChI=1S/C19H19N3OS/c1-13-8-9-15(11-20-13)10-18(23)21-14(2)19-22-17(12-24-19)16-6-4-3-5-7-16/h3-9,11-12,14H,10H2,1-2H3,(H,21,23). The number of carbonyl (C=O) groups is 1. The van der Waals surface area contributed by atoms with Crippen molar-refractivity contribution in [1.29, 1.82) is 0 Å². The van der Waals surface area contributed by atoms with Gasteiger partial charge in [-0.05, 0) is 25.5 Å². The fourth-order valence-electron chi connectivity index (χ4n) is 2.37. The van der Waals surface area contributed by atoms with Crippen LogP contribution in [-0.4, -0.2) is 15.9 Å². The average Bonchev–Trinajstić information content (AvgIpc) is 3.08. The number of pyridine rings is 1. The Morgan fingerprint density at radius 1 is 1.21 bits per heavy atom. The largest absolute Gasteiger partial charge is 0.347 e. The summed E-state index contributed by atoms with van der Waals surface area (Å²) in [5.41, 5.74) is 3.89. The van der Waals surface area contributed by atoms with E-state index in [0.717, 1.165) is 27.5 Å². The Balaban J connectivity index is 1.62. The van der Waals surface area contributed by atoms with Gasteiger partial charge in [0.25, 0.3) is 0 Å². The van der Waals surface area contributed by atoms with Crippen LogP contribution in [0.5, 0.6) is 0 Å². The van der Waals surface area contributed by atoms with Crippen molar-refractivity contribution in [3.63, 3.8) is 0 Å². The minimum atomic E-state index is -0.113. The number of aromatic nitrogens is 2. The van der Waals surface area contributed by atoms with Gasteiger partial charge >= 0.3 is 0 Å². The summed E-state index contributed by atoms with van der Waals surface area (Å²) in [6.45, 7) is 3.89. The predicted octanol–water partition coefficient (Wildman–Crippen LogP) is 3.93. The maximum absolute atomic E-state index is 12.2. The molecule has 0 spiro atoms. The fourth-order valence-corrected chi connectivity index (χ4v) is 3.21. The van der Waals surface area contributed by atoms with Gasteiger partial charge in [-0.1, -0.05) is 36.4 Å². The highest BCUT2D eigenvalue weighted by Gasteiger charge is 2.14. The molecule has 0 aliphatic rings. The van der Waals surface area contributed by atoms with Gasteiger partial charge in [-0.2, -0.15) is 0 Å². The van der Waals surface area contributed by atoms with E-state index in [0.29, 0.717) is 6.42 Å². The van der Waals surface area contributed by atoms with Gasteiger partial charge in [0.2, 0.25) is 5.91 Å². The second-order valence-corrected chi connectivity index (χ2v) is 6.60. The summed E-state index contributed by atoms with van der Waals surface area (Å²) in [4.78, 5) is 21.1. The van der Waals surface area contributed by atoms with E-state index in [1.807, 2.05) is 61.7 Å². The molecule has 24 heavy (non-hydrogen) atoms. The molecule has 0 saturated heterocycles. The van der Waals surface area contributed by atoms with E-state index in [1.54, 1.807) is 17.5 Å². The molecule has 4 nitrogen and oxygen atoms in total. The molecule has 0 aliphatic carbocycles. The van der Waals surface area contributed by atoms with E-state index >= 15 is 0 Å². The summed E-state index contributed by atoms with van der Waals surface area (Å²) in [6.07, 6.45) is 2.07. The molecule has 2 aromatic heterocycles. The first kappa shape index (κ1) is 16.3. The molecule has 1 atom stereocenters. The quantitative estimate of drug-likeness (QED) is 0.767. The Hall–Kier alpha value is -2.53. The minimum Gasteiger partial charge on any atom is -0.347 e. The van der Waals surface area contributed by atoms with Gasteiger partial charge in [-0.3, -0.25) is 9.78 Å². The van der Waals surface area contributed by atoms with Crippen molar-refractivity contribution in [3.05, 3.63) is 70.3 Å². The number of benzene rings is 1. The van der Waals surface area contributed by atoms with Crippen LogP contribution in [0.3, 0.4) is 0 Å². The van der Waals surface area contributed by atoms with E-state index in [1.165, 1.54) is 0 Å². The number of hydrogen-bond acceptors (Lipinski definition) is 4. The van der Waals surface area contributed by atoms with Gasteiger partial charge < -0.3 is 5.32 Å². The lowest BCUT2D eigenvalue weighted by Gasteiger charge is -2.11. The molecule has 0 aliphatic heterocycles. The lowest BCUT2D eigenvalue weighted by atomic mass is 10.2. The summed E-state index contributed by atoms with van der Waals surface area (Å²) >= 11 is 1.56. The first-order valence-corrected chi connectivity index (χ1v) is 8.71. The van der Waals surface area contributed by atoms with Crippen LogP contribution in [0.15, 0.2) is 54.0 Å². The zero-order valence-electron chi connectivity index (χ0n) is 13.7. The first-order chi connectivity index (χ1) is 11.6. The summed E-state index contributed by atoms with van der Waals surface area (Å²) in [5.74, 6) is -0.0235. The highest BCUT2D eigenvalue weighted by Crippen LogP contribution is 2.25. The van der Waals surface area contributed by atoms with Crippen molar-refractivity contribution in [2.24, 2.45) is 0 Å². The molecule has 1 aromatic carbocycles. The van der Waals surface area contributed by atoms with Crippen LogP contribution in [0.2, 0.25) is 0 Å². The molecule has 1 amide bonds. The normalized spacial score (nSPS) is 11.9. The lowest BCUT2D eigenvalue weighted by molar-refractivity contribution is -0.121. The molecule has 1 N–H and O–H groups in total. The van der Waals surface area contributed by atoms with Gasteiger partial charge in [0.1, 0.15) is 5.01 Å². The van der Waals surface area contributed by atoms with Crippen LogP contribution in [0.1, 0.15) is 29.2 Å². The number of aryl methyl sites for hydroxylation is 1. The minimum absolute atomic E-state index is 0.0235. The zero-order valence-corrected chi connectivity index (χ0v) is 14.5. The highest BCUT2D eigenvalue weighted by atomic mass is 32.1. The van der Waals surface area contributed by atoms with E-state index in [2.05, 4.69) is 15.3 Å². The third-order valence-electron chi connectivity index (χ3n) is 3.68. The van der Waals surface area contributed by atoms with Gasteiger partial charge in [0.15, 0.2) is 0 Å². The van der Waals surface area contributed by atoms with Crippen LogP contribution < -0.4 is 5.32 Å². The molecule has 5 heteroatoms. The number of nitrogens with zero attached hydrogens (tertiary/aromatic N) is 2. The number of hydrogen-bond donors (Lipinski definition) is 1. The second-order valence-electron chi connectivity index (χ2n) is 5.71. The topological polar surface area (TPSA) is 54.9 Å². The molecular formula is C19H19N3OS. The van der Waals surface area contributed by atoms with Gasteiger partial charge in [-0.15, -0.1) is 11.3 Å². The van der Waals surface area contributed by atoms with Gasteiger partial charge in [0, 0.05) is 22.8 Å². The number of amides is 1. The number of rotatable bonds is 5. The molecule has 122 valence electrons. The van der Waals surface area contributed by atoms with E-state index in [-0.39, 0.29) is 11.9 Å². The fraction of sp³-hybridized carbons (Fsp3) is 0.211. The van der Waals surface area contributed by atoms with E-state index < -0.39 is 0 Å². The number of thiazole rings is 1. The number of nitrogens with one attached hydrogen (secondary N) is 1. The maximum atomic E-state index is 12.2. The molecule has 0 saturated carbocycles. The van der Waals surface area contributed by atoms with E-state index in [4.69, 9.17) is 0 Å². The molecule has 3 rings (SSSR count). The smallest absolute Gasteiger partial charge is 0.225 e. The van der Waals surface area contributed by atoms with E-state index in [9.17, 15) is 4.79 Å². The Morgan fingerprint density at radius 3 is 2.71 bits per heavy atom. The van der Waals surface area contributed by atoms with Crippen LogP contribution in [-0.2, 0) is 11.2 Å². The summed E-state index contributed by atoms with van der Waals surface area (Å²) in [6, 6.07) is 13.8. The maximum Gasteiger partial charge on any atom is 0.225 e. The monoisotopic (exact) mass is 337 g/mol. The third-order valence-corrected chi connectivity index (χ3v) is 4.70. The average molecular weight is 337 g/mol. The Morgan fingerprint density at radius 2 is 2.00 bits per heavy atom. The molecule has 0 radical (unpaired) electrons. The summed E-state index contributed by atoms with van der Waals surface area (Å²) in [7, 11) is 0. The zero-order chi connectivity index (χ0) is 16.9. The molecule has 1 unspecified atom stereocenters. The van der Waals surface area contributed by atoms with Gasteiger partial charge in [-0.25, -0.2) is 4.98 Å². The molecule has 2 heterocycles. The summed E-state index contributed by atoms with van der Waals surface area (Å²) in [5, 5.41) is 5.94. The summed E-state index contributed by atoms with van der Waals surface area (Å²) < 4.78 is 0. The van der Waals surface area contributed by atoms with Gasteiger partial charge in [0.05, 0.1) is 18.2 Å². The molecule has 3 aromatic rings. The van der Waals surface area contributed by atoms with Crippen LogP contribution in [0.4, 0.5) is 0 Å². The van der Waals surface area contributed by atoms with Crippen molar-refractivity contribution in [3.8, 4) is 11.3 Å². The van der Waals surface area contributed by atoms with Crippen molar-refractivity contribution >= 4 is 17.2 Å². The van der Waals surface area contributed by atoms with Crippen LogP contribution in [0.25, 0.3) is 11.3 Å². The van der Waals surface area contributed by atoms with Crippen molar-refractivity contribution in [2.75, 3.05) is 0 Å². The Labute approximate surface area is 145 Å². The lowest BCUT2D eigenvalue weighted by Crippen LogP contribution is -2.28. The second kappa shape index (κ2) is 7.36. The predicted molar refractivity (Wildman–Crippen MR) is 96.8 cm³/mol. The van der Waals surface area contributed by atoms with Crippen molar-refractivity contribution in [2.45, 2.75) is 26.3 Å². The van der Waals surface area contributed by atoms with Crippen LogP contribution >= 0.6 is 11.3 Å². The van der Waals surface area contributed by atoms with Crippen LogP contribution in [0, 0.1) is 6.92 Å². The first-order valence-electron chi connectivity index (χ1n) is 7.83. The SMILES string of the molecule is Cc1ccc(CC(=O)NC(C)c2nc(-c3ccccc3)cs2)cn1. The Bertz CT molecular complexity index is 812. The molecule has 0 fully saturated rings. The molecular weight excluding hydrogens is 318 g/mol. The van der Waals surface area contributed by atoms with Crippen molar-refractivity contribution < 1.29 is 4.79 Å². The Kier molecular flexibility index (Phi) is 5.01. The van der Waals surface area contributed by atoms with Crippen molar-refractivity contribution in [1.82, 2.24) is 15.3 Å². The molecule has 0 bridgehead atoms. The highest BCUT2D eigenvalue weighted by molar-refractivity contribution is 7.10. The number of carbonyl (C=O) groups excluding carboxylic acids is 1. The third kappa shape index (κ3) is 4.06.